The lowest BCUT2D eigenvalue weighted by Gasteiger charge is -2.17. The molecule has 0 saturated carbocycles. The number of anilines is 1. The summed E-state index contributed by atoms with van der Waals surface area (Å²) in [5.41, 5.74) is 6.53. The van der Waals surface area contributed by atoms with Crippen LogP contribution in [0.5, 0.6) is 0 Å². The summed E-state index contributed by atoms with van der Waals surface area (Å²) in [7, 11) is 0. The SMILES string of the molecule is Cc1ccc(N=Nc2nc3c(=O)[nH]c(N)nc3n2C2OC(CO)C(O)C2O)cc1. The van der Waals surface area contributed by atoms with Gasteiger partial charge >= 0.3 is 0 Å². The van der Waals surface area contributed by atoms with Gasteiger partial charge in [-0.05, 0) is 19.1 Å². The van der Waals surface area contributed by atoms with Crippen LogP contribution < -0.4 is 11.3 Å². The van der Waals surface area contributed by atoms with Crippen LogP contribution in [0.3, 0.4) is 0 Å². The summed E-state index contributed by atoms with van der Waals surface area (Å²) in [5, 5.41) is 38.1. The Kier molecular flexibility index (Phi) is 4.84. The number of benzene rings is 1. The van der Waals surface area contributed by atoms with Crippen LogP contribution in [0.4, 0.5) is 17.6 Å². The van der Waals surface area contributed by atoms with Crippen molar-refractivity contribution in [3.63, 3.8) is 0 Å². The molecule has 0 aliphatic carbocycles. The third-order valence-corrected chi connectivity index (χ3v) is 4.61. The molecule has 1 aliphatic rings. The van der Waals surface area contributed by atoms with E-state index in [1.807, 2.05) is 19.1 Å². The number of aliphatic hydroxyl groups is 3. The molecule has 4 atom stereocenters. The van der Waals surface area contributed by atoms with Crippen LogP contribution in [0.15, 0.2) is 39.3 Å². The predicted octanol–water partition coefficient (Wildman–Crippen LogP) is 0.0371. The minimum Gasteiger partial charge on any atom is -0.394 e. The Balaban J connectivity index is 1.85. The molecule has 152 valence electrons. The third kappa shape index (κ3) is 3.38. The van der Waals surface area contributed by atoms with E-state index >= 15 is 0 Å². The van der Waals surface area contributed by atoms with Gasteiger partial charge in [-0.1, -0.05) is 17.7 Å². The molecule has 1 aliphatic heterocycles. The highest BCUT2D eigenvalue weighted by Gasteiger charge is 2.45. The number of nitrogens with one attached hydrogen (secondary N) is 1. The molecule has 0 amide bonds. The number of ether oxygens (including phenoxy) is 1. The Hall–Kier alpha value is -3.19. The quantitative estimate of drug-likeness (QED) is 0.379. The van der Waals surface area contributed by atoms with Crippen molar-refractivity contribution in [3.05, 3.63) is 40.2 Å². The molecule has 0 bridgehead atoms. The van der Waals surface area contributed by atoms with E-state index in [1.165, 1.54) is 4.57 Å². The van der Waals surface area contributed by atoms with E-state index in [-0.39, 0.29) is 23.1 Å². The lowest BCUT2D eigenvalue weighted by molar-refractivity contribution is -0.0503. The number of hydrogen-bond acceptors (Lipinski definition) is 10. The molecule has 3 aromatic rings. The van der Waals surface area contributed by atoms with Crippen molar-refractivity contribution in [2.45, 2.75) is 31.5 Å². The van der Waals surface area contributed by atoms with Gasteiger partial charge in [0.15, 0.2) is 17.4 Å². The maximum Gasteiger partial charge on any atom is 0.280 e. The second-order valence-corrected chi connectivity index (χ2v) is 6.67. The summed E-state index contributed by atoms with van der Waals surface area (Å²) in [6.07, 6.45) is -5.04. The summed E-state index contributed by atoms with van der Waals surface area (Å²) in [6, 6.07) is 7.22. The Bertz CT molecular complexity index is 1120. The number of aliphatic hydroxyl groups excluding tert-OH is 3. The highest BCUT2D eigenvalue weighted by Crippen LogP contribution is 2.35. The first-order valence-electron chi connectivity index (χ1n) is 8.77. The lowest BCUT2D eigenvalue weighted by Crippen LogP contribution is -2.33. The van der Waals surface area contributed by atoms with Crippen LogP contribution in [-0.2, 0) is 4.74 Å². The highest BCUT2D eigenvalue weighted by atomic mass is 16.6. The highest BCUT2D eigenvalue weighted by molar-refractivity contribution is 5.74. The van der Waals surface area contributed by atoms with Crippen LogP contribution in [0.1, 0.15) is 11.8 Å². The van der Waals surface area contributed by atoms with Crippen molar-refractivity contribution in [1.82, 2.24) is 19.5 Å². The maximum atomic E-state index is 12.2. The maximum absolute atomic E-state index is 12.2. The zero-order valence-electron chi connectivity index (χ0n) is 15.3. The number of nitrogens with zero attached hydrogens (tertiary/aromatic N) is 5. The van der Waals surface area contributed by atoms with Gasteiger partial charge < -0.3 is 25.8 Å². The Morgan fingerprint density at radius 2 is 1.93 bits per heavy atom. The molecule has 12 heteroatoms. The number of rotatable bonds is 4. The van der Waals surface area contributed by atoms with Crippen LogP contribution in [0.25, 0.3) is 11.2 Å². The molecule has 2 aromatic heterocycles. The molecule has 0 spiro atoms. The smallest absolute Gasteiger partial charge is 0.280 e. The van der Waals surface area contributed by atoms with E-state index in [9.17, 15) is 20.1 Å². The van der Waals surface area contributed by atoms with E-state index in [4.69, 9.17) is 10.5 Å². The second-order valence-electron chi connectivity index (χ2n) is 6.67. The number of imidazole rings is 1. The summed E-state index contributed by atoms with van der Waals surface area (Å²) in [6.45, 7) is 1.42. The van der Waals surface area contributed by atoms with Gasteiger partial charge in [-0.2, -0.15) is 4.98 Å². The van der Waals surface area contributed by atoms with Crippen molar-refractivity contribution < 1.29 is 20.1 Å². The fraction of sp³-hybridized carbons (Fsp3) is 0.353. The monoisotopic (exact) mass is 401 g/mol. The van der Waals surface area contributed by atoms with Crippen LogP contribution in [0.2, 0.25) is 0 Å². The predicted molar refractivity (Wildman–Crippen MR) is 101 cm³/mol. The molecule has 0 radical (unpaired) electrons. The van der Waals surface area contributed by atoms with Gasteiger partial charge in [0.25, 0.3) is 11.5 Å². The summed E-state index contributed by atoms with van der Waals surface area (Å²) in [5.74, 6) is -0.253. The number of aryl methyl sites for hydroxylation is 1. The zero-order valence-corrected chi connectivity index (χ0v) is 15.3. The largest absolute Gasteiger partial charge is 0.394 e. The average molecular weight is 401 g/mol. The zero-order chi connectivity index (χ0) is 20.7. The first kappa shape index (κ1) is 19.1. The van der Waals surface area contributed by atoms with Gasteiger partial charge in [0.1, 0.15) is 18.3 Å². The van der Waals surface area contributed by atoms with E-state index in [2.05, 4.69) is 25.2 Å². The molecule has 4 unspecified atom stereocenters. The third-order valence-electron chi connectivity index (χ3n) is 4.61. The second kappa shape index (κ2) is 7.33. The van der Waals surface area contributed by atoms with Gasteiger partial charge in [0.05, 0.1) is 12.3 Å². The standard InChI is InChI=1S/C17H19N7O5/c1-7-2-4-8(5-3-7)22-23-17-19-10-13(20-16(18)21-14(10)28)24(17)15-12(27)11(26)9(6-25)29-15/h2-5,9,11-12,15,25-27H,6H2,1H3,(H3,18,20,21,28). The number of azo groups is 1. The summed E-state index contributed by atoms with van der Waals surface area (Å²) in [4.78, 5) is 22.8. The van der Waals surface area contributed by atoms with Crippen molar-refractivity contribution in [2.24, 2.45) is 10.2 Å². The van der Waals surface area contributed by atoms with Crippen LogP contribution in [0, 0.1) is 6.92 Å². The van der Waals surface area contributed by atoms with E-state index in [0.29, 0.717) is 5.69 Å². The van der Waals surface area contributed by atoms with Crippen LogP contribution in [-0.4, -0.2) is 59.8 Å². The number of nitrogens with two attached hydrogens (primary N) is 1. The molecule has 12 nitrogen and oxygen atoms in total. The molecule has 3 heterocycles. The van der Waals surface area contributed by atoms with Gasteiger partial charge in [-0.25, -0.2) is 4.98 Å². The molecule has 4 rings (SSSR count). The molecule has 1 saturated heterocycles. The van der Waals surface area contributed by atoms with E-state index in [0.717, 1.165) is 5.56 Å². The van der Waals surface area contributed by atoms with Crippen molar-refractivity contribution >= 4 is 28.7 Å². The number of aromatic amines is 1. The lowest BCUT2D eigenvalue weighted by atomic mass is 10.1. The molecular formula is C17H19N7O5. The Morgan fingerprint density at radius 1 is 1.21 bits per heavy atom. The topological polar surface area (TPSA) is 184 Å². The van der Waals surface area contributed by atoms with Gasteiger partial charge in [-0.15, -0.1) is 10.2 Å². The van der Waals surface area contributed by atoms with E-state index in [1.54, 1.807) is 12.1 Å². The van der Waals surface area contributed by atoms with Gasteiger partial charge in [-0.3, -0.25) is 14.3 Å². The molecule has 1 aromatic carbocycles. The first-order valence-corrected chi connectivity index (χ1v) is 8.77. The molecule has 1 fully saturated rings. The van der Waals surface area contributed by atoms with Gasteiger partial charge in [0.2, 0.25) is 5.95 Å². The minimum atomic E-state index is -1.43. The number of fused-ring (bicyclic) bond motifs is 1. The Labute approximate surface area is 163 Å². The van der Waals surface area contributed by atoms with Crippen LogP contribution >= 0.6 is 0 Å². The molecule has 6 N–H and O–H groups in total. The van der Waals surface area contributed by atoms with Crippen molar-refractivity contribution in [1.29, 1.82) is 0 Å². The first-order chi connectivity index (χ1) is 13.9. The minimum absolute atomic E-state index is 0.000976. The number of H-pyrrole nitrogens is 1. The average Bonchev–Trinajstić information content (AvgIpc) is 3.19. The Morgan fingerprint density at radius 3 is 2.59 bits per heavy atom. The van der Waals surface area contributed by atoms with E-state index < -0.39 is 36.7 Å². The fourth-order valence-electron chi connectivity index (χ4n) is 3.10. The number of aromatic nitrogens is 4. The van der Waals surface area contributed by atoms with Crippen molar-refractivity contribution in [3.8, 4) is 0 Å². The molecule has 29 heavy (non-hydrogen) atoms. The number of nitrogen functional groups attached to an aromatic ring is 1. The normalized spacial score (nSPS) is 24.7. The fourth-order valence-corrected chi connectivity index (χ4v) is 3.10. The molecular weight excluding hydrogens is 382 g/mol. The summed E-state index contributed by atoms with van der Waals surface area (Å²) < 4.78 is 6.78. The van der Waals surface area contributed by atoms with Gasteiger partial charge in [0, 0.05) is 0 Å². The summed E-state index contributed by atoms with van der Waals surface area (Å²) >= 11 is 0. The van der Waals surface area contributed by atoms with Crippen molar-refractivity contribution in [2.75, 3.05) is 12.3 Å². The number of hydrogen-bond donors (Lipinski definition) is 5.